The molecule has 7 nitrogen and oxygen atoms in total. The largest absolute Gasteiger partial charge is 1.00 e. The van der Waals surface area contributed by atoms with E-state index in [1.807, 2.05) is 66.7 Å². The molecule has 5 aromatic rings. The van der Waals surface area contributed by atoms with Gasteiger partial charge in [0.05, 0.1) is 18.5 Å². The van der Waals surface area contributed by atoms with E-state index in [0.717, 1.165) is 33.0 Å². The molecule has 1 heterocycles. The summed E-state index contributed by atoms with van der Waals surface area (Å²) in [5.74, 6) is -3.79. The Kier molecular flexibility index (Phi) is 10.6. The van der Waals surface area contributed by atoms with Crippen LogP contribution in [0.2, 0.25) is 0 Å². The number of nitrogens with zero attached hydrogens (tertiary/aromatic N) is 1. The molecular formula is C29H21NNa2O6. The maximum absolute atomic E-state index is 10.8. The molecule has 0 aliphatic carbocycles. The molecule has 0 saturated heterocycles. The molecule has 0 aliphatic heterocycles. The van der Waals surface area contributed by atoms with Crippen LogP contribution in [0.15, 0.2) is 89.3 Å². The summed E-state index contributed by atoms with van der Waals surface area (Å²) >= 11 is 0. The van der Waals surface area contributed by atoms with E-state index in [-0.39, 0.29) is 78.6 Å². The Morgan fingerprint density at radius 1 is 0.789 bits per heavy atom. The fourth-order valence-electron chi connectivity index (χ4n) is 4.12. The first-order valence-corrected chi connectivity index (χ1v) is 11.5. The third-order valence-electron chi connectivity index (χ3n) is 6.03. The number of fused-ring (bicyclic) bond motifs is 2. The van der Waals surface area contributed by atoms with Gasteiger partial charge in [-0.05, 0) is 71.1 Å². The third-order valence-corrected chi connectivity index (χ3v) is 6.03. The van der Waals surface area contributed by atoms with Crippen LogP contribution in [-0.2, 0) is 9.59 Å². The zero-order chi connectivity index (χ0) is 25.1. The monoisotopic (exact) mass is 525 g/mol. The maximum Gasteiger partial charge on any atom is 1.00 e. The van der Waals surface area contributed by atoms with E-state index in [2.05, 4.69) is 12.1 Å². The molecule has 0 atom stereocenters. The number of aliphatic carboxylic acids is 2. The van der Waals surface area contributed by atoms with Crippen LogP contribution >= 0.6 is 0 Å². The van der Waals surface area contributed by atoms with Crippen molar-refractivity contribution in [1.29, 1.82) is 0 Å². The van der Waals surface area contributed by atoms with Gasteiger partial charge in [-0.25, -0.2) is 4.98 Å². The molecule has 4 aromatic carbocycles. The summed E-state index contributed by atoms with van der Waals surface area (Å²) in [6.07, 6.45) is 0.131. The van der Waals surface area contributed by atoms with E-state index < -0.39 is 17.9 Å². The number of carboxylic acid groups (broad SMARTS) is 2. The van der Waals surface area contributed by atoms with Crippen LogP contribution < -0.4 is 74.1 Å². The van der Waals surface area contributed by atoms with Crippen LogP contribution in [-0.4, -0.2) is 23.5 Å². The molecule has 0 aliphatic rings. The van der Waals surface area contributed by atoms with Crippen LogP contribution in [0.5, 0.6) is 5.75 Å². The van der Waals surface area contributed by atoms with Crippen LogP contribution in [0, 0.1) is 5.92 Å². The van der Waals surface area contributed by atoms with E-state index in [0.29, 0.717) is 17.2 Å². The van der Waals surface area contributed by atoms with Crippen molar-refractivity contribution in [2.24, 2.45) is 5.92 Å². The van der Waals surface area contributed by atoms with Gasteiger partial charge in [-0.3, -0.25) is 0 Å². The van der Waals surface area contributed by atoms with Crippen molar-refractivity contribution in [3.8, 4) is 28.3 Å². The molecule has 0 amide bonds. The minimum Gasteiger partial charge on any atom is -0.549 e. The van der Waals surface area contributed by atoms with Crippen molar-refractivity contribution >= 4 is 33.8 Å². The van der Waals surface area contributed by atoms with Crippen molar-refractivity contribution in [3.63, 3.8) is 0 Å². The topological polar surface area (TPSA) is 116 Å². The summed E-state index contributed by atoms with van der Waals surface area (Å²) in [5, 5.41) is 23.6. The predicted molar refractivity (Wildman–Crippen MR) is 131 cm³/mol. The summed E-state index contributed by atoms with van der Waals surface area (Å²) in [6.45, 7) is 0.175. The molecule has 1 aromatic heterocycles. The summed E-state index contributed by atoms with van der Waals surface area (Å²) in [4.78, 5) is 26.3. The van der Waals surface area contributed by atoms with E-state index >= 15 is 0 Å². The second kappa shape index (κ2) is 13.4. The smallest absolute Gasteiger partial charge is 0.549 e. The van der Waals surface area contributed by atoms with Gasteiger partial charge in [0, 0.05) is 11.5 Å². The Labute approximate surface area is 263 Å². The summed E-state index contributed by atoms with van der Waals surface area (Å²) in [5.41, 5.74) is 4.54. The molecule has 0 spiro atoms. The number of carbonyl (C=O) groups is 2. The van der Waals surface area contributed by atoms with E-state index in [4.69, 9.17) is 14.1 Å². The number of ether oxygens (including phenoxy) is 1. The van der Waals surface area contributed by atoms with Crippen molar-refractivity contribution in [3.05, 3.63) is 84.9 Å². The number of oxazole rings is 1. The van der Waals surface area contributed by atoms with E-state index in [1.54, 1.807) is 6.07 Å². The van der Waals surface area contributed by atoms with Crippen molar-refractivity contribution in [1.82, 2.24) is 4.98 Å². The first kappa shape index (κ1) is 29.9. The number of hydrogen-bond acceptors (Lipinski definition) is 7. The van der Waals surface area contributed by atoms with Gasteiger partial charge in [0.1, 0.15) is 11.3 Å². The second-order valence-electron chi connectivity index (χ2n) is 8.47. The number of aromatic nitrogens is 1. The average Bonchev–Trinajstić information content (AvgIpc) is 3.32. The summed E-state index contributed by atoms with van der Waals surface area (Å²) < 4.78 is 11.7. The molecule has 0 bridgehead atoms. The first-order valence-electron chi connectivity index (χ1n) is 11.5. The Balaban J connectivity index is 0.00000200. The minimum atomic E-state index is -1.65. The van der Waals surface area contributed by atoms with Gasteiger partial charge in [-0.15, -0.1) is 0 Å². The summed E-state index contributed by atoms with van der Waals surface area (Å²) in [6, 6.07) is 27.5. The molecule has 5 rings (SSSR count). The van der Waals surface area contributed by atoms with Gasteiger partial charge < -0.3 is 29.0 Å². The average molecular weight is 525 g/mol. The van der Waals surface area contributed by atoms with E-state index in [9.17, 15) is 19.8 Å². The standard InChI is InChI=1S/C29H23NO6.2Na/c31-28(32)24(29(33)34)7-4-14-35-23-12-10-19-15-22(9-8-20(19)16-23)27-30-25-17-21(11-13-26(25)36-27)18-5-2-1-3-6-18;;/h1-3,5-6,8-13,15-17,24H,4,7,14H2,(H,31,32)(H,33,34);;/q;2*+1/p-2. The molecule has 0 fully saturated rings. The van der Waals surface area contributed by atoms with Crippen LogP contribution in [0.25, 0.3) is 44.5 Å². The minimum absolute atomic E-state index is 0. The maximum atomic E-state index is 10.8. The van der Waals surface area contributed by atoms with Gasteiger partial charge in [0.15, 0.2) is 5.58 Å². The molecule has 180 valence electrons. The molecule has 0 unspecified atom stereocenters. The van der Waals surface area contributed by atoms with Gasteiger partial charge in [0.2, 0.25) is 5.89 Å². The summed E-state index contributed by atoms with van der Waals surface area (Å²) in [7, 11) is 0. The van der Waals surface area contributed by atoms with Gasteiger partial charge in [-0.2, -0.15) is 0 Å². The Bertz CT molecular complexity index is 1550. The Hall–Kier alpha value is -2.65. The van der Waals surface area contributed by atoms with Crippen LogP contribution in [0.3, 0.4) is 0 Å². The number of rotatable bonds is 9. The Morgan fingerprint density at radius 3 is 2.21 bits per heavy atom. The van der Waals surface area contributed by atoms with Crippen molar-refractivity contribution in [2.75, 3.05) is 6.61 Å². The number of benzene rings is 4. The fraction of sp³-hybridized carbons (Fsp3) is 0.138. The predicted octanol–water partition coefficient (Wildman–Crippen LogP) is -2.40. The zero-order valence-corrected chi connectivity index (χ0v) is 25.2. The van der Waals surface area contributed by atoms with Crippen LogP contribution in [0.1, 0.15) is 12.8 Å². The van der Waals surface area contributed by atoms with Gasteiger partial charge >= 0.3 is 59.1 Å². The fourth-order valence-corrected chi connectivity index (χ4v) is 4.12. The number of carbonyl (C=O) groups excluding carboxylic acids is 2. The number of carboxylic acids is 2. The molecule has 38 heavy (non-hydrogen) atoms. The van der Waals surface area contributed by atoms with E-state index in [1.165, 1.54) is 0 Å². The van der Waals surface area contributed by atoms with Crippen molar-refractivity contribution < 1.29 is 88.1 Å². The SMILES string of the molecule is O=C([O-])C(CCCOc1ccc2cc(-c3nc4cc(-c5ccccc5)ccc4o3)ccc2c1)C(=O)[O-].[Na+].[Na+]. The van der Waals surface area contributed by atoms with Gasteiger partial charge in [-0.1, -0.05) is 48.5 Å². The van der Waals surface area contributed by atoms with Gasteiger partial charge in [0.25, 0.3) is 0 Å². The normalized spacial score (nSPS) is 10.7. The Morgan fingerprint density at radius 2 is 1.47 bits per heavy atom. The molecule has 0 radical (unpaired) electrons. The molecule has 0 N–H and O–H groups in total. The quantitative estimate of drug-likeness (QED) is 0.120. The zero-order valence-electron chi connectivity index (χ0n) is 21.2. The first-order chi connectivity index (χ1) is 17.5. The molecular weight excluding hydrogens is 504 g/mol. The number of hydrogen-bond donors (Lipinski definition) is 0. The van der Waals surface area contributed by atoms with Crippen LogP contribution in [0.4, 0.5) is 0 Å². The third kappa shape index (κ3) is 6.86. The molecule has 0 saturated carbocycles. The van der Waals surface area contributed by atoms with Crippen molar-refractivity contribution in [2.45, 2.75) is 12.8 Å². The second-order valence-corrected chi connectivity index (χ2v) is 8.47. The molecule has 9 heteroatoms.